The van der Waals surface area contributed by atoms with Crippen molar-refractivity contribution >= 4 is 58.9 Å². The SMILES string of the molecule is COc1ccc(C2=N[C@H](c3ccc(Cl)cc3)[C@H](c3ccc(Cl)cc3)N2C(=O)N2CCN(CC(=O)NCCNC(=O)C(C#N)=Cc3ccc(OCc4ccc(C(F)(F)F)cc4C(F)(F)F)c(OC)c3)C(=O)C2)c(OC(C)C)c1. The molecule has 15 nitrogen and oxygen atoms in total. The molecule has 0 radical (unpaired) electrons. The number of halogens is 8. The largest absolute Gasteiger partial charge is 0.497 e. The van der Waals surface area contributed by atoms with Crippen LogP contribution in [-0.4, -0.2) is 104 Å². The minimum atomic E-state index is -5.11. The highest BCUT2D eigenvalue weighted by atomic mass is 35.5. The number of methoxy groups -OCH3 is 2. The Kier molecular flexibility index (Phi) is 18.0. The molecular formula is C54H49Cl2F6N7O8. The van der Waals surface area contributed by atoms with Crippen molar-refractivity contribution in [1.82, 2.24) is 25.3 Å². The highest BCUT2D eigenvalue weighted by Crippen LogP contribution is 2.46. The molecule has 2 aliphatic heterocycles. The number of aliphatic imine (C=N–C) groups is 1. The average molecular weight is 1110 g/mol. The van der Waals surface area contributed by atoms with Crippen molar-refractivity contribution in [3.8, 4) is 29.1 Å². The molecule has 404 valence electrons. The molecule has 77 heavy (non-hydrogen) atoms. The van der Waals surface area contributed by atoms with Crippen molar-refractivity contribution in [3.63, 3.8) is 0 Å². The van der Waals surface area contributed by atoms with Crippen LogP contribution in [0.2, 0.25) is 10.0 Å². The zero-order chi connectivity index (χ0) is 55.8. The summed E-state index contributed by atoms with van der Waals surface area (Å²) in [6.45, 7) is 2.03. The molecule has 5 aromatic carbocycles. The molecule has 0 saturated carbocycles. The first kappa shape index (κ1) is 56.8. The van der Waals surface area contributed by atoms with Crippen molar-refractivity contribution < 1.29 is 64.5 Å². The second-order valence-corrected chi connectivity index (χ2v) is 18.6. The lowest BCUT2D eigenvalue weighted by atomic mass is 9.93. The Labute approximate surface area is 448 Å². The number of carbonyl (C=O) groups is 4. The maximum atomic E-state index is 15.1. The lowest BCUT2D eigenvalue weighted by molar-refractivity contribution is -0.143. The summed E-state index contributed by atoms with van der Waals surface area (Å²) in [5.74, 6) is -0.795. The van der Waals surface area contributed by atoms with Gasteiger partial charge in [-0.1, -0.05) is 59.6 Å². The third kappa shape index (κ3) is 13.9. The summed E-state index contributed by atoms with van der Waals surface area (Å²) in [6.07, 6.45) is -9.19. The van der Waals surface area contributed by atoms with Gasteiger partial charge in [-0.2, -0.15) is 31.6 Å². The fraction of sp³-hybridized carbons (Fsp3) is 0.296. The third-order valence-corrected chi connectivity index (χ3v) is 12.6. The second kappa shape index (κ2) is 24.4. The predicted octanol–water partition coefficient (Wildman–Crippen LogP) is 10.1. The molecule has 2 heterocycles. The summed E-state index contributed by atoms with van der Waals surface area (Å²) in [4.78, 5) is 64.4. The van der Waals surface area contributed by atoms with Crippen molar-refractivity contribution in [1.29, 1.82) is 5.26 Å². The second-order valence-electron chi connectivity index (χ2n) is 17.7. The van der Waals surface area contributed by atoms with Gasteiger partial charge in [0.15, 0.2) is 11.5 Å². The van der Waals surface area contributed by atoms with E-state index in [0.717, 1.165) is 5.56 Å². The van der Waals surface area contributed by atoms with Gasteiger partial charge < -0.3 is 39.4 Å². The Morgan fingerprint density at radius 3 is 2.09 bits per heavy atom. The van der Waals surface area contributed by atoms with E-state index in [1.807, 2.05) is 38.1 Å². The maximum absolute atomic E-state index is 15.1. The van der Waals surface area contributed by atoms with Gasteiger partial charge >= 0.3 is 18.4 Å². The molecule has 2 atom stereocenters. The van der Waals surface area contributed by atoms with Gasteiger partial charge in [0.25, 0.3) is 5.91 Å². The zero-order valence-corrected chi connectivity index (χ0v) is 43.1. The first-order chi connectivity index (χ1) is 36.6. The number of amides is 5. The summed E-state index contributed by atoms with van der Waals surface area (Å²) >= 11 is 12.6. The van der Waals surface area contributed by atoms with Crippen LogP contribution < -0.4 is 29.6 Å². The van der Waals surface area contributed by atoms with Gasteiger partial charge in [-0.15, -0.1) is 0 Å². The fourth-order valence-electron chi connectivity index (χ4n) is 8.42. The Balaban J connectivity index is 0.973. The van der Waals surface area contributed by atoms with E-state index < -0.39 is 71.5 Å². The molecule has 0 aromatic heterocycles. The van der Waals surface area contributed by atoms with Gasteiger partial charge in [0.05, 0.1) is 49.6 Å². The van der Waals surface area contributed by atoms with E-state index in [2.05, 4.69) is 10.6 Å². The van der Waals surface area contributed by atoms with Crippen LogP contribution in [0, 0.1) is 11.3 Å². The summed E-state index contributed by atoms with van der Waals surface area (Å²) in [7, 11) is 2.75. The molecule has 2 N–H and O–H groups in total. The molecule has 5 aromatic rings. The Bertz CT molecular complexity index is 3110. The lowest BCUT2D eigenvalue weighted by Crippen LogP contribution is -2.57. The quantitative estimate of drug-likeness (QED) is 0.0397. The first-order valence-corrected chi connectivity index (χ1v) is 24.4. The average Bonchev–Trinajstić information content (AvgIpc) is 3.84. The summed E-state index contributed by atoms with van der Waals surface area (Å²) in [6, 6.07) is 24.4. The van der Waals surface area contributed by atoms with Crippen LogP contribution in [0.4, 0.5) is 31.1 Å². The van der Waals surface area contributed by atoms with Gasteiger partial charge in [0, 0.05) is 47.9 Å². The van der Waals surface area contributed by atoms with E-state index in [0.29, 0.717) is 44.8 Å². The van der Waals surface area contributed by atoms with Crippen LogP contribution in [0.1, 0.15) is 64.9 Å². The molecule has 2 aliphatic rings. The number of nitriles is 1. The van der Waals surface area contributed by atoms with Crippen LogP contribution in [-0.2, 0) is 33.3 Å². The number of alkyl halides is 6. The molecule has 0 aliphatic carbocycles. The van der Waals surface area contributed by atoms with E-state index in [4.69, 9.17) is 47.1 Å². The van der Waals surface area contributed by atoms with Crippen molar-refractivity contribution in [2.75, 3.05) is 53.5 Å². The van der Waals surface area contributed by atoms with E-state index in [1.54, 1.807) is 53.4 Å². The smallest absolute Gasteiger partial charge is 0.416 e. The summed E-state index contributed by atoms with van der Waals surface area (Å²) < 4.78 is 103. The van der Waals surface area contributed by atoms with Crippen LogP contribution in [0.25, 0.3) is 6.08 Å². The fourth-order valence-corrected chi connectivity index (χ4v) is 8.67. The summed E-state index contributed by atoms with van der Waals surface area (Å²) in [5, 5.41) is 15.9. The van der Waals surface area contributed by atoms with Crippen molar-refractivity contribution in [2.24, 2.45) is 4.99 Å². The highest BCUT2D eigenvalue weighted by molar-refractivity contribution is 6.30. The predicted molar refractivity (Wildman–Crippen MR) is 272 cm³/mol. The van der Waals surface area contributed by atoms with E-state index in [-0.39, 0.29) is 79.9 Å². The molecule has 0 bridgehead atoms. The summed E-state index contributed by atoms with van der Waals surface area (Å²) in [5.41, 5.74) is -1.73. The number of benzene rings is 5. The third-order valence-electron chi connectivity index (χ3n) is 12.1. The highest BCUT2D eigenvalue weighted by Gasteiger charge is 2.46. The number of hydrogen-bond donors (Lipinski definition) is 2. The number of amidine groups is 1. The van der Waals surface area contributed by atoms with Crippen molar-refractivity contribution in [2.45, 2.75) is 51.0 Å². The Morgan fingerprint density at radius 1 is 0.805 bits per heavy atom. The number of piperazine rings is 1. The minimum absolute atomic E-state index is 0.00211. The number of urea groups is 1. The van der Waals surface area contributed by atoms with E-state index in [1.165, 1.54) is 48.3 Å². The molecule has 0 spiro atoms. The minimum Gasteiger partial charge on any atom is -0.497 e. The maximum Gasteiger partial charge on any atom is 0.416 e. The van der Waals surface area contributed by atoms with Crippen LogP contribution in [0.3, 0.4) is 0 Å². The molecule has 23 heteroatoms. The van der Waals surface area contributed by atoms with Gasteiger partial charge in [-0.05, 0) is 97.3 Å². The van der Waals surface area contributed by atoms with Crippen LogP contribution >= 0.6 is 23.2 Å². The lowest BCUT2D eigenvalue weighted by Gasteiger charge is -2.38. The van der Waals surface area contributed by atoms with Crippen molar-refractivity contribution in [3.05, 3.63) is 158 Å². The zero-order valence-electron chi connectivity index (χ0n) is 41.6. The van der Waals surface area contributed by atoms with Gasteiger partial charge in [0.1, 0.15) is 48.2 Å². The standard InChI is InChI=1S/C54H49Cl2F6N7O8/c1-31(2)77-44-26-40(74-3)16-17-41(44)50-66-48(33-7-12-38(55)13-8-33)49(34-9-14-39(56)15-10-34)69(50)52(73)68-22-21-67(47(71)29-68)28-46(70)64-19-20-65-51(72)36(27-63)23-32-5-18-43(45(24-32)75-4)76-30-35-6-11-37(53(57,58)59)25-42(35)54(60,61)62/h5-18,23-26,31,48-49H,19-22,28-30H2,1-4H3,(H,64,70)(H,65,72)/t48-,49+/m1/s1. The molecule has 0 unspecified atom stereocenters. The van der Waals surface area contributed by atoms with E-state index in [9.17, 15) is 46.0 Å². The van der Waals surface area contributed by atoms with Crippen LogP contribution in [0.15, 0.2) is 114 Å². The molecule has 1 fully saturated rings. The number of hydrogen-bond acceptors (Lipinski definition) is 10. The number of nitrogens with one attached hydrogen (secondary N) is 2. The monoisotopic (exact) mass is 1110 g/mol. The Morgan fingerprint density at radius 2 is 1.48 bits per heavy atom. The number of carbonyl (C=O) groups excluding carboxylic acids is 4. The number of ether oxygens (including phenoxy) is 4. The van der Waals surface area contributed by atoms with E-state index >= 15 is 4.79 Å². The first-order valence-electron chi connectivity index (χ1n) is 23.6. The van der Waals surface area contributed by atoms with Gasteiger partial charge in [-0.25, -0.2) is 4.79 Å². The Hall–Kier alpha value is -7.96. The molecule has 5 amide bonds. The van der Waals surface area contributed by atoms with Crippen LogP contribution in [0.5, 0.6) is 23.0 Å². The number of rotatable bonds is 17. The molecule has 1 saturated heterocycles. The number of nitrogens with zero attached hydrogens (tertiary/aromatic N) is 5. The normalized spacial score (nSPS) is 15.9. The topological polar surface area (TPSA) is 175 Å². The van der Waals surface area contributed by atoms with Gasteiger partial charge in [0.2, 0.25) is 11.8 Å². The molecule has 7 rings (SSSR count). The molecular weight excluding hydrogens is 1060 g/mol. The van der Waals surface area contributed by atoms with Gasteiger partial charge in [-0.3, -0.25) is 24.3 Å².